The summed E-state index contributed by atoms with van der Waals surface area (Å²) < 4.78 is 4.86. The summed E-state index contributed by atoms with van der Waals surface area (Å²) in [6, 6.07) is 14.5. The van der Waals surface area contributed by atoms with Gasteiger partial charge in [-0.3, -0.25) is 0 Å². The van der Waals surface area contributed by atoms with Crippen LogP contribution < -0.4 is 0 Å². The fourth-order valence-electron chi connectivity index (χ4n) is 3.53. The van der Waals surface area contributed by atoms with Gasteiger partial charge in [-0.15, -0.1) is 0 Å². The molecule has 0 heterocycles. The van der Waals surface area contributed by atoms with Crippen LogP contribution in [0.4, 0.5) is 0 Å². The number of ether oxygens (including phenoxy) is 1. The summed E-state index contributed by atoms with van der Waals surface area (Å²) in [6.45, 7) is 2.11. The van der Waals surface area contributed by atoms with Gasteiger partial charge >= 0.3 is 5.97 Å². The molecular weight excluding hydrogens is 328 g/mol. The van der Waals surface area contributed by atoms with Crippen LogP contribution in [0.5, 0.6) is 5.75 Å². The molecular formula is C22H22O4. The van der Waals surface area contributed by atoms with E-state index in [-0.39, 0.29) is 23.4 Å². The SMILES string of the molecule is COC(=O)c1cccc(C(C)(c2ccc(O)cc2)C2C=CC(O)=CC2)c1. The van der Waals surface area contributed by atoms with E-state index in [4.69, 9.17) is 4.74 Å². The standard InChI is InChI=1S/C22H22O4/c1-22(16-6-10-19(23)11-7-16,17-8-12-20(24)13-9-17)18-5-3-4-15(14-18)21(25)26-2/h3-8,10-14,17,23-24H,9H2,1-2H3. The van der Waals surface area contributed by atoms with Crippen LogP contribution in [-0.2, 0) is 10.2 Å². The summed E-state index contributed by atoms with van der Waals surface area (Å²) in [5.74, 6) is 0.168. The average Bonchev–Trinajstić information content (AvgIpc) is 2.68. The highest BCUT2D eigenvalue weighted by molar-refractivity contribution is 5.89. The van der Waals surface area contributed by atoms with Crippen LogP contribution in [0, 0.1) is 5.92 Å². The van der Waals surface area contributed by atoms with Crippen LogP contribution in [0.15, 0.2) is 72.5 Å². The lowest BCUT2D eigenvalue weighted by Crippen LogP contribution is -2.33. The van der Waals surface area contributed by atoms with E-state index in [1.807, 2.05) is 36.4 Å². The number of phenols is 1. The summed E-state index contributed by atoms with van der Waals surface area (Å²) in [6.07, 6.45) is 6.17. The van der Waals surface area contributed by atoms with Crippen molar-refractivity contribution in [2.75, 3.05) is 7.11 Å². The second-order valence-electron chi connectivity index (χ2n) is 6.65. The topological polar surface area (TPSA) is 66.8 Å². The first-order valence-corrected chi connectivity index (χ1v) is 8.51. The molecule has 1 aliphatic carbocycles. The molecule has 0 bridgehead atoms. The van der Waals surface area contributed by atoms with E-state index in [1.165, 1.54) is 7.11 Å². The molecule has 134 valence electrons. The zero-order valence-corrected chi connectivity index (χ0v) is 14.8. The number of methoxy groups -OCH3 is 1. The summed E-state index contributed by atoms with van der Waals surface area (Å²) >= 11 is 0. The van der Waals surface area contributed by atoms with E-state index in [2.05, 4.69) is 6.92 Å². The number of aliphatic hydroxyl groups is 1. The Balaban J connectivity index is 2.13. The van der Waals surface area contributed by atoms with Gasteiger partial charge in [0.05, 0.1) is 12.7 Å². The molecule has 26 heavy (non-hydrogen) atoms. The first kappa shape index (κ1) is 17.8. The van der Waals surface area contributed by atoms with Gasteiger partial charge in [-0.05, 0) is 59.9 Å². The number of hydrogen-bond acceptors (Lipinski definition) is 4. The zero-order chi connectivity index (χ0) is 18.7. The number of phenolic OH excluding ortho intramolecular Hbond substituents is 1. The normalized spacial score (nSPS) is 18.7. The Bertz CT molecular complexity index is 864. The summed E-state index contributed by atoms with van der Waals surface area (Å²) in [7, 11) is 1.37. The summed E-state index contributed by atoms with van der Waals surface area (Å²) in [5.41, 5.74) is 2.02. The lowest BCUT2D eigenvalue weighted by molar-refractivity contribution is 0.0600. The lowest BCUT2D eigenvalue weighted by Gasteiger charge is -2.38. The molecule has 3 rings (SSSR count). The Morgan fingerprint density at radius 1 is 1.12 bits per heavy atom. The van der Waals surface area contributed by atoms with Gasteiger partial charge in [0.25, 0.3) is 0 Å². The highest BCUT2D eigenvalue weighted by Crippen LogP contribution is 2.43. The fourth-order valence-corrected chi connectivity index (χ4v) is 3.53. The van der Waals surface area contributed by atoms with Crippen molar-refractivity contribution in [3.63, 3.8) is 0 Å². The molecule has 0 saturated carbocycles. The van der Waals surface area contributed by atoms with E-state index in [0.717, 1.165) is 11.1 Å². The third-order valence-corrected chi connectivity index (χ3v) is 5.17. The van der Waals surface area contributed by atoms with E-state index >= 15 is 0 Å². The Labute approximate surface area is 153 Å². The second-order valence-corrected chi connectivity index (χ2v) is 6.65. The van der Waals surface area contributed by atoms with Gasteiger partial charge in [-0.25, -0.2) is 4.79 Å². The number of carbonyl (C=O) groups is 1. The van der Waals surface area contributed by atoms with Crippen molar-refractivity contribution in [2.24, 2.45) is 5.92 Å². The minimum Gasteiger partial charge on any atom is -0.508 e. The largest absolute Gasteiger partial charge is 0.508 e. The quantitative estimate of drug-likeness (QED) is 0.797. The van der Waals surface area contributed by atoms with Gasteiger partial charge in [0.2, 0.25) is 0 Å². The Morgan fingerprint density at radius 3 is 2.46 bits per heavy atom. The number of aliphatic hydroxyl groups excluding tert-OH is 1. The highest BCUT2D eigenvalue weighted by Gasteiger charge is 2.37. The molecule has 2 unspecified atom stereocenters. The van der Waals surface area contributed by atoms with Gasteiger partial charge in [0.15, 0.2) is 0 Å². The van der Waals surface area contributed by atoms with Crippen LogP contribution >= 0.6 is 0 Å². The fraction of sp³-hybridized carbons (Fsp3) is 0.227. The average molecular weight is 350 g/mol. The summed E-state index contributed by atoms with van der Waals surface area (Å²) in [5, 5.41) is 19.4. The molecule has 4 heteroatoms. The molecule has 2 aromatic carbocycles. The van der Waals surface area contributed by atoms with Crippen molar-refractivity contribution >= 4 is 5.97 Å². The van der Waals surface area contributed by atoms with Crippen molar-refractivity contribution in [2.45, 2.75) is 18.8 Å². The number of rotatable bonds is 4. The molecule has 2 N–H and O–H groups in total. The molecule has 2 atom stereocenters. The Kier molecular flexibility index (Phi) is 4.85. The predicted molar refractivity (Wildman–Crippen MR) is 100 cm³/mol. The first-order chi connectivity index (χ1) is 12.4. The number of esters is 1. The van der Waals surface area contributed by atoms with Crippen molar-refractivity contribution < 1.29 is 19.7 Å². The minimum absolute atomic E-state index is 0.0795. The summed E-state index contributed by atoms with van der Waals surface area (Å²) in [4.78, 5) is 12.0. The molecule has 0 amide bonds. The van der Waals surface area contributed by atoms with Crippen LogP contribution in [0.2, 0.25) is 0 Å². The number of aromatic hydroxyl groups is 1. The van der Waals surface area contributed by atoms with Gasteiger partial charge in [0.1, 0.15) is 11.5 Å². The number of benzene rings is 2. The van der Waals surface area contributed by atoms with Crippen LogP contribution in [-0.4, -0.2) is 23.3 Å². The third kappa shape index (κ3) is 3.23. The van der Waals surface area contributed by atoms with E-state index in [9.17, 15) is 15.0 Å². The number of allylic oxidation sites excluding steroid dienone is 3. The monoisotopic (exact) mass is 350 g/mol. The molecule has 0 fully saturated rings. The van der Waals surface area contributed by atoms with Crippen molar-refractivity contribution in [1.82, 2.24) is 0 Å². The molecule has 0 aliphatic heterocycles. The molecule has 4 nitrogen and oxygen atoms in total. The van der Waals surface area contributed by atoms with Gasteiger partial charge in [0, 0.05) is 5.41 Å². The first-order valence-electron chi connectivity index (χ1n) is 8.51. The predicted octanol–water partition coefficient (Wildman–Crippen LogP) is 4.50. The maximum atomic E-state index is 12.0. The minimum atomic E-state index is -0.453. The number of carbonyl (C=O) groups excluding carboxylic acids is 1. The van der Waals surface area contributed by atoms with Crippen molar-refractivity contribution in [3.8, 4) is 5.75 Å². The zero-order valence-electron chi connectivity index (χ0n) is 14.8. The van der Waals surface area contributed by atoms with Crippen LogP contribution in [0.1, 0.15) is 34.8 Å². The second kappa shape index (κ2) is 7.08. The molecule has 0 aromatic heterocycles. The van der Waals surface area contributed by atoms with Crippen molar-refractivity contribution in [3.05, 3.63) is 89.2 Å². The van der Waals surface area contributed by atoms with Crippen LogP contribution in [0.25, 0.3) is 0 Å². The third-order valence-electron chi connectivity index (χ3n) is 5.17. The maximum absolute atomic E-state index is 12.0. The number of hydrogen-bond donors (Lipinski definition) is 2. The Morgan fingerprint density at radius 2 is 1.85 bits per heavy atom. The van der Waals surface area contributed by atoms with Gasteiger partial charge < -0.3 is 14.9 Å². The van der Waals surface area contributed by atoms with E-state index in [0.29, 0.717) is 12.0 Å². The molecule has 0 spiro atoms. The molecule has 1 aliphatic rings. The molecule has 2 aromatic rings. The van der Waals surface area contributed by atoms with Gasteiger partial charge in [-0.2, -0.15) is 0 Å². The van der Waals surface area contributed by atoms with Crippen molar-refractivity contribution in [1.29, 1.82) is 0 Å². The molecule has 0 radical (unpaired) electrons. The maximum Gasteiger partial charge on any atom is 0.337 e. The van der Waals surface area contributed by atoms with Crippen LogP contribution in [0.3, 0.4) is 0 Å². The lowest BCUT2D eigenvalue weighted by atomic mass is 9.65. The Hall–Kier alpha value is -3.01. The van der Waals surface area contributed by atoms with E-state index in [1.54, 1.807) is 30.4 Å². The van der Waals surface area contributed by atoms with E-state index < -0.39 is 5.41 Å². The van der Waals surface area contributed by atoms with Gasteiger partial charge in [-0.1, -0.05) is 37.3 Å². The highest BCUT2D eigenvalue weighted by atomic mass is 16.5. The smallest absolute Gasteiger partial charge is 0.337 e. The molecule has 0 saturated heterocycles.